The minimum atomic E-state index is -4.41. The van der Waals surface area contributed by atoms with Crippen LogP contribution in [0, 0.1) is 0 Å². The summed E-state index contributed by atoms with van der Waals surface area (Å²) in [7, 11) is 1.37. The maximum absolute atomic E-state index is 12.4. The van der Waals surface area contributed by atoms with Gasteiger partial charge in [0.2, 0.25) is 0 Å². The van der Waals surface area contributed by atoms with E-state index in [0.717, 1.165) is 16.2 Å². The van der Waals surface area contributed by atoms with Gasteiger partial charge in [-0.2, -0.15) is 13.2 Å². The van der Waals surface area contributed by atoms with E-state index in [1.807, 2.05) is 0 Å². The summed E-state index contributed by atoms with van der Waals surface area (Å²) < 4.78 is 42.1. The Balaban J connectivity index is 2.89. The van der Waals surface area contributed by atoms with Crippen molar-refractivity contribution in [2.45, 2.75) is 6.18 Å². The lowest BCUT2D eigenvalue weighted by molar-refractivity contribution is -0.140. The van der Waals surface area contributed by atoms with Gasteiger partial charge in [0.05, 0.1) is 7.11 Å². The van der Waals surface area contributed by atoms with Crippen LogP contribution in [0.2, 0.25) is 0 Å². The highest BCUT2D eigenvalue weighted by atomic mass is 79.9. The number of methoxy groups -OCH3 is 1. The number of amides is 1. The van der Waals surface area contributed by atoms with E-state index in [4.69, 9.17) is 4.74 Å². The smallest absolute Gasteiger partial charge is 0.406 e. The quantitative estimate of drug-likeness (QED) is 0.767. The molecule has 1 aromatic heterocycles. The van der Waals surface area contributed by atoms with Crippen molar-refractivity contribution in [2.75, 3.05) is 25.5 Å². The first kappa shape index (κ1) is 15.3. The summed E-state index contributed by atoms with van der Waals surface area (Å²) in [5.41, 5.74) is 0. The fourth-order valence-electron chi connectivity index (χ4n) is 1.33. The maximum Gasteiger partial charge on any atom is 0.406 e. The van der Waals surface area contributed by atoms with Crippen molar-refractivity contribution in [3.63, 3.8) is 0 Å². The average molecular weight is 346 g/mol. The number of nitrogens with zero attached hydrogens (tertiary/aromatic N) is 1. The molecule has 1 rings (SSSR count). The Bertz CT molecular complexity index is 408. The minimum absolute atomic E-state index is 0.0145. The molecule has 8 heteroatoms. The third-order valence-electron chi connectivity index (χ3n) is 2.06. The van der Waals surface area contributed by atoms with E-state index in [2.05, 4.69) is 15.9 Å². The summed E-state index contributed by atoms with van der Waals surface area (Å²) in [6.07, 6.45) is -4.41. The first-order chi connectivity index (χ1) is 8.39. The zero-order chi connectivity index (χ0) is 13.8. The molecule has 1 aromatic rings. The number of hydrogen-bond donors (Lipinski definition) is 0. The highest BCUT2D eigenvalue weighted by Crippen LogP contribution is 2.27. The fourth-order valence-corrected chi connectivity index (χ4v) is 2.58. The molecule has 0 aliphatic carbocycles. The van der Waals surface area contributed by atoms with E-state index >= 15 is 0 Å². The van der Waals surface area contributed by atoms with Gasteiger partial charge in [0.15, 0.2) is 0 Å². The molecule has 0 spiro atoms. The topological polar surface area (TPSA) is 29.5 Å². The predicted octanol–water partition coefficient (Wildman–Crippen LogP) is 3.16. The first-order valence-electron chi connectivity index (χ1n) is 4.92. The van der Waals surface area contributed by atoms with E-state index in [9.17, 15) is 18.0 Å². The summed E-state index contributed by atoms with van der Waals surface area (Å²) >= 11 is 4.10. The number of alkyl halides is 4. The molecule has 0 aliphatic heterocycles. The third kappa shape index (κ3) is 4.16. The van der Waals surface area contributed by atoms with Crippen molar-refractivity contribution in [1.82, 2.24) is 4.90 Å². The molecule has 0 N–H and O–H groups in total. The van der Waals surface area contributed by atoms with Crippen LogP contribution in [0.15, 0.2) is 11.4 Å². The van der Waals surface area contributed by atoms with Gasteiger partial charge in [0.25, 0.3) is 5.91 Å². The second-order valence-corrected chi connectivity index (χ2v) is 5.06. The van der Waals surface area contributed by atoms with Crippen LogP contribution in [-0.2, 0) is 0 Å². The largest absolute Gasteiger partial charge is 0.495 e. The Morgan fingerprint density at radius 1 is 1.56 bits per heavy atom. The van der Waals surface area contributed by atoms with Gasteiger partial charge in [-0.05, 0) is 11.4 Å². The van der Waals surface area contributed by atoms with Crippen molar-refractivity contribution < 1.29 is 22.7 Å². The van der Waals surface area contributed by atoms with Gasteiger partial charge >= 0.3 is 6.18 Å². The van der Waals surface area contributed by atoms with E-state index in [1.54, 1.807) is 11.4 Å². The molecule has 0 saturated carbocycles. The Kier molecular flexibility index (Phi) is 5.46. The Hall–Kier alpha value is -0.760. The molecular weight excluding hydrogens is 335 g/mol. The van der Waals surface area contributed by atoms with Crippen LogP contribution in [-0.4, -0.2) is 42.5 Å². The molecular formula is C10H11BrF3NO2S. The second kappa shape index (κ2) is 6.42. The molecule has 3 nitrogen and oxygen atoms in total. The maximum atomic E-state index is 12.4. The van der Waals surface area contributed by atoms with E-state index in [-0.39, 0.29) is 16.8 Å². The van der Waals surface area contributed by atoms with Crippen molar-refractivity contribution in [3.05, 3.63) is 16.3 Å². The van der Waals surface area contributed by atoms with Crippen LogP contribution >= 0.6 is 27.3 Å². The van der Waals surface area contributed by atoms with Gasteiger partial charge in [-0.1, -0.05) is 15.9 Å². The molecule has 0 atom stereocenters. The standard InChI is InChI=1S/C10H11BrF3NO2S/c1-17-7-2-5-18-8(7)9(16)15(4-3-11)6-10(12,13)14/h2,5H,3-4,6H2,1H3. The molecule has 0 bridgehead atoms. The van der Waals surface area contributed by atoms with Crippen LogP contribution in [0.1, 0.15) is 9.67 Å². The number of hydrogen-bond acceptors (Lipinski definition) is 3. The summed E-state index contributed by atoms with van der Waals surface area (Å²) in [6.45, 7) is -1.28. The minimum Gasteiger partial charge on any atom is -0.495 e. The number of halogens is 4. The molecule has 18 heavy (non-hydrogen) atoms. The highest BCUT2D eigenvalue weighted by molar-refractivity contribution is 9.09. The number of thiophene rings is 1. The monoisotopic (exact) mass is 345 g/mol. The summed E-state index contributed by atoms with van der Waals surface area (Å²) in [4.78, 5) is 12.9. The van der Waals surface area contributed by atoms with Crippen LogP contribution in [0.5, 0.6) is 5.75 Å². The van der Waals surface area contributed by atoms with Gasteiger partial charge in [-0.15, -0.1) is 11.3 Å². The summed E-state index contributed by atoms with van der Waals surface area (Å²) in [5.74, 6) is -0.370. The van der Waals surface area contributed by atoms with Crippen molar-refractivity contribution in [1.29, 1.82) is 0 Å². The van der Waals surface area contributed by atoms with E-state index in [1.165, 1.54) is 7.11 Å². The Labute approximate surface area is 115 Å². The molecule has 0 fully saturated rings. The Morgan fingerprint density at radius 3 is 2.72 bits per heavy atom. The van der Waals surface area contributed by atoms with Gasteiger partial charge in [-0.25, -0.2) is 0 Å². The lowest BCUT2D eigenvalue weighted by Crippen LogP contribution is -2.39. The van der Waals surface area contributed by atoms with Crippen molar-refractivity contribution in [2.24, 2.45) is 0 Å². The predicted molar refractivity (Wildman–Crippen MR) is 66.6 cm³/mol. The SMILES string of the molecule is COc1ccsc1C(=O)N(CCBr)CC(F)(F)F. The Morgan fingerprint density at radius 2 is 2.22 bits per heavy atom. The van der Waals surface area contributed by atoms with Gasteiger partial charge < -0.3 is 9.64 Å². The van der Waals surface area contributed by atoms with Gasteiger partial charge in [0.1, 0.15) is 17.2 Å². The molecule has 0 radical (unpaired) electrons. The average Bonchev–Trinajstić information content (AvgIpc) is 2.73. The molecule has 0 saturated heterocycles. The normalized spacial score (nSPS) is 11.4. The van der Waals surface area contributed by atoms with Crippen LogP contribution in [0.25, 0.3) is 0 Å². The number of carbonyl (C=O) groups excluding carboxylic acids is 1. The van der Waals surface area contributed by atoms with Crippen molar-refractivity contribution in [3.8, 4) is 5.75 Å². The van der Waals surface area contributed by atoms with Crippen LogP contribution in [0.3, 0.4) is 0 Å². The molecule has 0 aromatic carbocycles. The lowest BCUT2D eigenvalue weighted by atomic mass is 10.3. The zero-order valence-corrected chi connectivity index (χ0v) is 11.9. The first-order valence-corrected chi connectivity index (χ1v) is 6.92. The molecule has 0 unspecified atom stereocenters. The highest BCUT2D eigenvalue weighted by Gasteiger charge is 2.34. The number of ether oxygens (including phenoxy) is 1. The zero-order valence-electron chi connectivity index (χ0n) is 9.46. The van der Waals surface area contributed by atoms with E-state index in [0.29, 0.717) is 5.75 Å². The second-order valence-electron chi connectivity index (χ2n) is 3.35. The number of rotatable bonds is 5. The molecule has 1 amide bonds. The van der Waals surface area contributed by atoms with Crippen LogP contribution in [0.4, 0.5) is 13.2 Å². The summed E-state index contributed by atoms with van der Waals surface area (Å²) in [5, 5.41) is 1.88. The van der Waals surface area contributed by atoms with Gasteiger partial charge in [-0.3, -0.25) is 4.79 Å². The third-order valence-corrected chi connectivity index (χ3v) is 3.29. The molecule has 0 aliphatic rings. The molecule has 102 valence electrons. The van der Waals surface area contributed by atoms with Crippen LogP contribution < -0.4 is 4.74 Å². The summed E-state index contributed by atoms with van der Waals surface area (Å²) in [6, 6.07) is 1.55. The molecule has 1 heterocycles. The van der Waals surface area contributed by atoms with Crippen molar-refractivity contribution >= 4 is 33.2 Å². The lowest BCUT2D eigenvalue weighted by Gasteiger charge is -2.22. The van der Waals surface area contributed by atoms with Gasteiger partial charge in [0, 0.05) is 11.9 Å². The fraction of sp³-hybridized carbons (Fsp3) is 0.500. The van der Waals surface area contributed by atoms with E-state index < -0.39 is 18.6 Å². The number of carbonyl (C=O) groups is 1.